The molecule has 3 nitrogen and oxygen atoms in total. The van der Waals surface area contributed by atoms with E-state index in [1.807, 2.05) is 0 Å². The van der Waals surface area contributed by atoms with Gasteiger partial charge in [0, 0.05) is 12.0 Å². The number of hydrogen-bond donors (Lipinski definition) is 1. The van der Waals surface area contributed by atoms with E-state index in [-0.39, 0.29) is 5.41 Å². The van der Waals surface area contributed by atoms with E-state index in [4.69, 9.17) is 15.2 Å². The molecule has 0 spiro atoms. The highest BCUT2D eigenvalue weighted by molar-refractivity contribution is 9.10. The number of ether oxygens (including phenoxy) is 2. The lowest BCUT2D eigenvalue weighted by Gasteiger charge is -2.38. The van der Waals surface area contributed by atoms with E-state index in [0.29, 0.717) is 6.54 Å². The molecule has 20 heavy (non-hydrogen) atoms. The second-order valence-corrected chi connectivity index (χ2v) is 6.50. The second-order valence-electron chi connectivity index (χ2n) is 5.64. The number of hydrogen-bond acceptors (Lipinski definition) is 3. The van der Waals surface area contributed by atoms with Gasteiger partial charge in [-0.25, -0.2) is 0 Å². The summed E-state index contributed by atoms with van der Waals surface area (Å²) in [7, 11) is 3.36. The zero-order chi connectivity index (χ0) is 14.8. The molecule has 2 N–H and O–H groups in total. The van der Waals surface area contributed by atoms with Gasteiger partial charge in [-0.3, -0.25) is 0 Å². The fourth-order valence-corrected chi connectivity index (χ4v) is 4.07. The minimum atomic E-state index is 0.0877. The van der Waals surface area contributed by atoms with Crippen molar-refractivity contribution >= 4 is 15.9 Å². The zero-order valence-electron chi connectivity index (χ0n) is 12.6. The minimum absolute atomic E-state index is 0.0877. The topological polar surface area (TPSA) is 44.5 Å². The second kappa shape index (κ2) is 6.35. The summed E-state index contributed by atoms with van der Waals surface area (Å²) in [5, 5.41) is 0. The van der Waals surface area contributed by atoms with E-state index < -0.39 is 0 Å². The third-order valence-electron chi connectivity index (χ3n) is 4.62. The van der Waals surface area contributed by atoms with Gasteiger partial charge < -0.3 is 15.2 Å². The molecule has 112 valence electrons. The van der Waals surface area contributed by atoms with Crippen LogP contribution in [0.4, 0.5) is 0 Å². The van der Waals surface area contributed by atoms with E-state index >= 15 is 0 Å². The summed E-state index contributed by atoms with van der Waals surface area (Å²) >= 11 is 3.61. The molecule has 1 saturated carbocycles. The van der Waals surface area contributed by atoms with Crippen molar-refractivity contribution in [1.82, 2.24) is 0 Å². The smallest absolute Gasteiger partial charge is 0.175 e. The van der Waals surface area contributed by atoms with Crippen LogP contribution in [-0.4, -0.2) is 20.8 Å². The Balaban J connectivity index is 2.58. The Morgan fingerprint density at radius 3 is 2.25 bits per heavy atom. The highest BCUT2D eigenvalue weighted by Crippen LogP contribution is 2.47. The molecule has 0 aliphatic heterocycles. The molecule has 1 fully saturated rings. The summed E-state index contributed by atoms with van der Waals surface area (Å²) in [6, 6.07) is 2.18. The Morgan fingerprint density at radius 2 is 1.75 bits per heavy atom. The van der Waals surface area contributed by atoms with Crippen molar-refractivity contribution in [1.29, 1.82) is 0 Å². The standard InChI is InChI=1S/C16H24BrNO2/c1-11-12(16(10-18)7-5-4-6-8-16)9-13(17)15(20-3)14(11)19-2/h9H,4-8,10,18H2,1-3H3. The van der Waals surface area contributed by atoms with Crippen molar-refractivity contribution < 1.29 is 9.47 Å². The number of halogens is 1. The normalized spacial score (nSPS) is 17.9. The van der Waals surface area contributed by atoms with Crippen LogP contribution in [0.2, 0.25) is 0 Å². The first-order valence-corrected chi connectivity index (χ1v) is 8.00. The number of nitrogens with two attached hydrogens (primary N) is 1. The third-order valence-corrected chi connectivity index (χ3v) is 5.21. The van der Waals surface area contributed by atoms with E-state index in [2.05, 4.69) is 28.9 Å². The number of benzene rings is 1. The third kappa shape index (κ3) is 2.56. The summed E-state index contributed by atoms with van der Waals surface area (Å²) in [5.41, 5.74) is 8.71. The van der Waals surface area contributed by atoms with Gasteiger partial charge in [-0.15, -0.1) is 0 Å². The van der Waals surface area contributed by atoms with Crippen LogP contribution >= 0.6 is 15.9 Å². The monoisotopic (exact) mass is 341 g/mol. The van der Waals surface area contributed by atoms with Gasteiger partial charge in [-0.1, -0.05) is 19.3 Å². The summed E-state index contributed by atoms with van der Waals surface area (Å²) in [6.45, 7) is 2.80. The highest BCUT2D eigenvalue weighted by Gasteiger charge is 2.35. The van der Waals surface area contributed by atoms with Gasteiger partial charge in [-0.2, -0.15) is 0 Å². The lowest BCUT2D eigenvalue weighted by Crippen LogP contribution is -2.37. The molecular formula is C16H24BrNO2. The van der Waals surface area contributed by atoms with Crippen LogP contribution in [0.3, 0.4) is 0 Å². The van der Waals surface area contributed by atoms with Gasteiger partial charge in [0.2, 0.25) is 0 Å². The predicted molar refractivity (Wildman–Crippen MR) is 85.8 cm³/mol. The summed E-state index contributed by atoms with van der Waals surface area (Å²) in [4.78, 5) is 0. The Kier molecular flexibility index (Phi) is 4.97. The molecule has 0 saturated heterocycles. The number of rotatable bonds is 4. The van der Waals surface area contributed by atoms with Gasteiger partial charge in [0.15, 0.2) is 11.5 Å². The van der Waals surface area contributed by atoms with E-state index in [0.717, 1.165) is 34.4 Å². The van der Waals surface area contributed by atoms with Crippen molar-refractivity contribution in [3.8, 4) is 11.5 Å². The Hall–Kier alpha value is -0.740. The lowest BCUT2D eigenvalue weighted by atomic mass is 9.68. The molecule has 1 aromatic rings. The van der Waals surface area contributed by atoms with Gasteiger partial charge in [-0.05, 0) is 52.9 Å². The Labute approximate surface area is 130 Å². The molecule has 2 rings (SSSR count). The number of methoxy groups -OCH3 is 2. The molecule has 1 aliphatic carbocycles. The first-order valence-electron chi connectivity index (χ1n) is 7.21. The molecule has 0 amide bonds. The van der Waals surface area contributed by atoms with Crippen LogP contribution in [0.15, 0.2) is 10.5 Å². The average Bonchev–Trinajstić information content (AvgIpc) is 2.49. The van der Waals surface area contributed by atoms with Gasteiger partial charge in [0.25, 0.3) is 0 Å². The first-order chi connectivity index (χ1) is 9.59. The highest BCUT2D eigenvalue weighted by atomic mass is 79.9. The maximum Gasteiger partial charge on any atom is 0.175 e. The van der Waals surface area contributed by atoms with Crippen LogP contribution in [-0.2, 0) is 5.41 Å². The lowest BCUT2D eigenvalue weighted by molar-refractivity contribution is 0.295. The molecule has 0 atom stereocenters. The van der Waals surface area contributed by atoms with Crippen molar-refractivity contribution in [2.24, 2.45) is 5.73 Å². The first kappa shape index (κ1) is 15.6. The fourth-order valence-electron chi connectivity index (χ4n) is 3.50. The van der Waals surface area contributed by atoms with Gasteiger partial charge in [0.05, 0.1) is 18.7 Å². The van der Waals surface area contributed by atoms with E-state index in [9.17, 15) is 0 Å². The Morgan fingerprint density at radius 1 is 1.15 bits per heavy atom. The molecule has 1 aliphatic rings. The Bertz CT molecular complexity index is 482. The average molecular weight is 342 g/mol. The summed E-state index contributed by atoms with van der Waals surface area (Å²) < 4.78 is 12.0. The van der Waals surface area contributed by atoms with Crippen molar-refractivity contribution in [2.45, 2.75) is 44.4 Å². The fraction of sp³-hybridized carbons (Fsp3) is 0.625. The van der Waals surface area contributed by atoms with Crippen molar-refractivity contribution in [3.05, 3.63) is 21.7 Å². The van der Waals surface area contributed by atoms with Gasteiger partial charge >= 0.3 is 0 Å². The van der Waals surface area contributed by atoms with E-state index in [1.165, 1.54) is 24.8 Å². The van der Waals surface area contributed by atoms with Crippen molar-refractivity contribution in [2.75, 3.05) is 20.8 Å². The van der Waals surface area contributed by atoms with Crippen LogP contribution in [0.1, 0.15) is 43.2 Å². The summed E-state index contributed by atoms with van der Waals surface area (Å²) in [6.07, 6.45) is 6.14. The molecular weight excluding hydrogens is 318 g/mol. The molecule has 4 heteroatoms. The van der Waals surface area contributed by atoms with Crippen LogP contribution < -0.4 is 15.2 Å². The molecule has 1 aromatic carbocycles. The van der Waals surface area contributed by atoms with Crippen molar-refractivity contribution in [3.63, 3.8) is 0 Å². The van der Waals surface area contributed by atoms with Gasteiger partial charge in [0.1, 0.15) is 0 Å². The largest absolute Gasteiger partial charge is 0.493 e. The summed E-state index contributed by atoms with van der Waals surface area (Å²) in [5.74, 6) is 1.58. The molecule has 0 heterocycles. The SMILES string of the molecule is COc1c(Br)cc(C2(CN)CCCCC2)c(C)c1OC. The molecule has 0 unspecified atom stereocenters. The molecule has 0 bridgehead atoms. The predicted octanol–water partition coefficient (Wildman–Crippen LogP) is 3.94. The van der Waals surface area contributed by atoms with E-state index in [1.54, 1.807) is 14.2 Å². The van der Waals surface area contributed by atoms with Crippen LogP contribution in [0, 0.1) is 6.92 Å². The maximum atomic E-state index is 6.16. The van der Waals surface area contributed by atoms with Crippen LogP contribution in [0.5, 0.6) is 11.5 Å². The zero-order valence-corrected chi connectivity index (χ0v) is 14.2. The molecule has 0 radical (unpaired) electrons. The molecule has 0 aromatic heterocycles. The minimum Gasteiger partial charge on any atom is -0.493 e. The maximum absolute atomic E-state index is 6.16. The quantitative estimate of drug-likeness (QED) is 0.902. The van der Waals surface area contributed by atoms with Crippen LogP contribution in [0.25, 0.3) is 0 Å².